The van der Waals surface area contributed by atoms with E-state index in [0.29, 0.717) is 6.42 Å². The molecule has 0 fully saturated rings. The van der Waals surface area contributed by atoms with Gasteiger partial charge >= 0.3 is 0 Å². The summed E-state index contributed by atoms with van der Waals surface area (Å²) in [5, 5.41) is 3.02. The van der Waals surface area contributed by atoms with E-state index in [1.807, 2.05) is 6.92 Å². The van der Waals surface area contributed by atoms with Crippen LogP contribution in [0.1, 0.15) is 35.3 Å². The average Bonchev–Trinajstić information content (AvgIpc) is 2.59. The van der Waals surface area contributed by atoms with Gasteiger partial charge in [0.2, 0.25) is 10.0 Å². The molecule has 0 unspecified atom stereocenters. The molecular weight excluding hydrogens is 424 g/mol. The first kappa shape index (κ1) is 22.2. The number of halogens is 1. The Hall–Kier alpha value is -2.10. The number of carbonyl (C=O) groups excluding carboxylic acids is 1. The lowest BCUT2D eigenvalue weighted by Gasteiger charge is -2.18. The van der Waals surface area contributed by atoms with Crippen molar-refractivity contribution in [2.75, 3.05) is 17.2 Å². The van der Waals surface area contributed by atoms with Gasteiger partial charge in [-0.1, -0.05) is 30.7 Å². The van der Waals surface area contributed by atoms with Crippen LogP contribution in [-0.2, 0) is 19.9 Å². The van der Waals surface area contributed by atoms with Crippen LogP contribution in [0.25, 0.3) is 0 Å². The number of benzene rings is 2. The molecule has 0 heterocycles. The van der Waals surface area contributed by atoms with E-state index in [0.717, 1.165) is 18.1 Å². The second kappa shape index (κ2) is 8.50. The SMILES string of the molecule is CC[C@@H](NC(=O)c1cc(NS(C)(=O)=O)ccc1Cl)c1ccc(S(C)(=O)=O)cc1. The molecule has 7 nitrogen and oxygen atoms in total. The minimum Gasteiger partial charge on any atom is -0.345 e. The molecular formula is C18H21ClN2O5S2. The second-order valence-electron chi connectivity index (χ2n) is 6.34. The van der Waals surface area contributed by atoms with Gasteiger partial charge in [0, 0.05) is 11.9 Å². The van der Waals surface area contributed by atoms with Gasteiger partial charge in [0.25, 0.3) is 5.91 Å². The molecule has 1 amide bonds. The molecule has 1 atom stereocenters. The number of carbonyl (C=O) groups is 1. The molecule has 0 aliphatic rings. The Kier molecular flexibility index (Phi) is 6.74. The maximum absolute atomic E-state index is 12.7. The topological polar surface area (TPSA) is 109 Å². The smallest absolute Gasteiger partial charge is 0.253 e. The van der Waals surface area contributed by atoms with Crippen LogP contribution < -0.4 is 10.0 Å². The summed E-state index contributed by atoms with van der Waals surface area (Å²) in [6, 6.07) is 10.2. The molecule has 10 heteroatoms. The standard InChI is InChI=1S/C18H21ClN2O5S2/c1-4-17(12-5-8-14(9-6-12)27(2,23)24)20-18(22)15-11-13(7-10-16(15)19)21-28(3,25)26/h5-11,17,21H,4H2,1-3H3,(H,20,22)/t17-/m1/s1. The molecule has 0 aliphatic carbocycles. The third-order valence-corrected chi connectivity index (χ3v) is 6.00. The molecule has 0 bridgehead atoms. The summed E-state index contributed by atoms with van der Waals surface area (Å²) in [5.41, 5.74) is 1.09. The highest BCUT2D eigenvalue weighted by Gasteiger charge is 2.18. The van der Waals surface area contributed by atoms with Gasteiger partial charge in [0.15, 0.2) is 9.84 Å². The van der Waals surface area contributed by atoms with Crippen LogP contribution in [0.15, 0.2) is 47.4 Å². The minimum atomic E-state index is -3.49. The van der Waals surface area contributed by atoms with Crippen molar-refractivity contribution in [3.63, 3.8) is 0 Å². The summed E-state index contributed by atoms with van der Waals surface area (Å²) in [7, 11) is -6.80. The molecule has 0 saturated heterocycles. The molecule has 0 radical (unpaired) electrons. The van der Waals surface area contributed by atoms with E-state index in [-0.39, 0.29) is 27.2 Å². The van der Waals surface area contributed by atoms with Gasteiger partial charge in [-0.25, -0.2) is 16.8 Å². The zero-order valence-corrected chi connectivity index (χ0v) is 18.0. The van der Waals surface area contributed by atoms with Crippen molar-refractivity contribution in [1.82, 2.24) is 5.32 Å². The van der Waals surface area contributed by atoms with Crippen LogP contribution in [0.2, 0.25) is 5.02 Å². The molecule has 2 aromatic carbocycles. The zero-order chi connectivity index (χ0) is 21.1. The second-order valence-corrected chi connectivity index (χ2v) is 10.5. The van der Waals surface area contributed by atoms with Gasteiger partial charge in [0.1, 0.15) is 0 Å². The highest BCUT2D eigenvalue weighted by molar-refractivity contribution is 7.92. The largest absolute Gasteiger partial charge is 0.345 e. The summed E-state index contributed by atoms with van der Waals surface area (Å²) in [4.78, 5) is 12.9. The molecule has 0 spiro atoms. The van der Waals surface area contributed by atoms with Gasteiger partial charge in [-0.15, -0.1) is 0 Å². The van der Waals surface area contributed by atoms with Gasteiger partial charge in [-0.05, 0) is 42.3 Å². The van der Waals surface area contributed by atoms with E-state index in [2.05, 4.69) is 10.0 Å². The summed E-state index contributed by atoms with van der Waals surface area (Å²) in [5.74, 6) is -0.471. The van der Waals surface area contributed by atoms with Gasteiger partial charge in [0.05, 0.1) is 27.8 Å². The van der Waals surface area contributed by atoms with Gasteiger partial charge in [-0.3, -0.25) is 9.52 Å². The molecule has 2 aromatic rings. The normalized spacial score (nSPS) is 13.0. The maximum atomic E-state index is 12.7. The van der Waals surface area contributed by atoms with E-state index < -0.39 is 25.8 Å². The van der Waals surface area contributed by atoms with Crippen molar-refractivity contribution in [3.8, 4) is 0 Å². The van der Waals surface area contributed by atoms with E-state index in [1.165, 1.54) is 30.3 Å². The van der Waals surface area contributed by atoms with Crippen LogP contribution in [0.5, 0.6) is 0 Å². The first-order chi connectivity index (χ1) is 12.9. The third kappa shape index (κ3) is 5.95. The predicted molar refractivity (Wildman–Crippen MR) is 110 cm³/mol. The fraction of sp³-hybridized carbons (Fsp3) is 0.278. The molecule has 0 saturated carbocycles. The molecule has 28 heavy (non-hydrogen) atoms. The third-order valence-electron chi connectivity index (χ3n) is 3.94. The monoisotopic (exact) mass is 444 g/mol. The number of amides is 1. The van der Waals surface area contributed by atoms with E-state index in [1.54, 1.807) is 12.1 Å². The van der Waals surface area contributed by atoms with Gasteiger partial charge in [-0.2, -0.15) is 0 Å². The minimum absolute atomic E-state index is 0.126. The first-order valence-electron chi connectivity index (χ1n) is 8.29. The lowest BCUT2D eigenvalue weighted by Crippen LogP contribution is -2.28. The van der Waals surface area contributed by atoms with Crippen LogP contribution in [-0.4, -0.2) is 35.3 Å². The van der Waals surface area contributed by atoms with Gasteiger partial charge < -0.3 is 5.32 Å². The summed E-state index contributed by atoms with van der Waals surface area (Å²) in [6.07, 6.45) is 2.69. The quantitative estimate of drug-likeness (QED) is 0.682. The fourth-order valence-corrected chi connectivity index (χ4v) is 3.97. The number of rotatable bonds is 7. The van der Waals surface area contributed by atoms with Crippen LogP contribution in [0.3, 0.4) is 0 Å². The lowest BCUT2D eigenvalue weighted by atomic mass is 10.0. The van der Waals surface area contributed by atoms with E-state index in [4.69, 9.17) is 11.6 Å². The van der Waals surface area contributed by atoms with Crippen LogP contribution in [0, 0.1) is 0 Å². The van der Waals surface area contributed by atoms with Crippen molar-refractivity contribution in [2.24, 2.45) is 0 Å². The molecule has 2 rings (SSSR count). The Labute approximate surface area is 170 Å². The summed E-state index contributed by atoms with van der Waals surface area (Å²) >= 11 is 6.10. The highest BCUT2D eigenvalue weighted by atomic mass is 35.5. The summed E-state index contributed by atoms with van der Waals surface area (Å²) < 4.78 is 48.2. The lowest BCUT2D eigenvalue weighted by molar-refractivity contribution is 0.0935. The Morgan fingerprint density at radius 3 is 2.14 bits per heavy atom. The number of anilines is 1. The van der Waals surface area contributed by atoms with E-state index >= 15 is 0 Å². The Morgan fingerprint density at radius 1 is 1.04 bits per heavy atom. The fourth-order valence-electron chi connectivity index (χ4n) is 2.58. The maximum Gasteiger partial charge on any atom is 0.253 e. The number of nitrogens with one attached hydrogen (secondary N) is 2. The van der Waals surface area contributed by atoms with Crippen molar-refractivity contribution < 1.29 is 21.6 Å². The molecule has 2 N–H and O–H groups in total. The van der Waals surface area contributed by atoms with Crippen molar-refractivity contribution >= 4 is 43.1 Å². The highest BCUT2D eigenvalue weighted by Crippen LogP contribution is 2.24. The van der Waals surface area contributed by atoms with Crippen molar-refractivity contribution in [3.05, 3.63) is 58.6 Å². The Bertz CT molecular complexity index is 1080. The van der Waals surface area contributed by atoms with Crippen molar-refractivity contribution in [1.29, 1.82) is 0 Å². The molecule has 0 aromatic heterocycles. The van der Waals surface area contributed by atoms with Crippen molar-refractivity contribution in [2.45, 2.75) is 24.3 Å². The Morgan fingerprint density at radius 2 is 1.64 bits per heavy atom. The predicted octanol–water partition coefficient (Wildman–Crippen LogP) is 3.00. The zero-order valence-electron chi connectivity index (χ0n) is 15.6. The Balaban J connectivity index is 2.25. The van der Waals surface area contributed by atoms with E-state index in [9.17, 15) is 21.6 Å². The number of sulfonamides is 1. The summed E-state index contributed by atoms with van der Waals surface area (Å²) in [6.45, 7) is 1.87. The van der Waals surface area contributed by atoms with Crippen LogP contribution >= 0.6 is 11.6 Å². The molecule has 0 aliphatic heterocycles. The average molecular weight is 445 g/mol. The number of hydrogen-bond donors (Lipinski definition) is 2. The van der Waals surface area contributed by atoms with Crippen LogP contribution in [0.4, 0.5) is 5.69 Å². The first-order valence-corrected chi connectivity index (χ1v) is 12.4. The number of sulfone groups is 1. The number of hydrogen-bond acceptors (Lipinski definition) is 5. The molecule has 152 valence electrons.